The molecule has 8 aromatic carbocycles. The van der Waals surface area contributed by atoms with Gasteiger partial charge < -0.3 is 0 Å². The molecule has 2 unspecified atom stereocenters. The third-order valence-electron chi connectivity index (χ3n) is 13.3. The maximum absolute atomic E-state index is 2.72. The van der Waals surface area contributed by atoms with Gasteiger partial charge in [0.1, 0.15) is 0 Å². The van der Waals surface area contributed by atoms with E-state index in [-0.39, 0.29) is 0 Å². The minimum atomic E-state index is -2.36. The van der Waals surface area contributed by atoms with Gasteiger partial charge in [0.05, 0.1) is 0 Å². The van der Waals surface area contributed by atoms with Crippen molar-refractivity contribution in [3.63, 3.8) is 0 Å². The van der Waals surface area contributed by atoms with Gasteiger partial charge in [-0.15, -0.1) is 0 Å². The van der Waals surface area contributed by atoms with Gasteiger partial charge >= 0.3 is 368 Å². The van der Waals surface area contributed by atoms with Gasteiger partial charge in [-0.1, -0.05) is 0 Å². The Kier molecular flexibility index (Phi) is 10.9. The van der Waals surface area contributed by atoms with Crippen LogP contribution in [-0.2, 0) is 20.9 Å². The molecule has 0 nitrogen and oxygen atoms in total. The van der Waals surface area contributed by atoms with E-state index in [1.807, 2.05) is 0 Å². The SMILES string of the molecule is CCCC1=Cc2c(-c3ccccc3-c3cccc4ccccc34)cccc2[CH]1[Zr]([CH]1C(CCC)=Cc2c(-c3ccccc3-c3cccc4ccccc34)cccc21)[SiH](C)C. The molecule has 293 valence electrons. The summed E-state index contributed by atoms with van der Waals surface area (Å²) in [7, 11) is 0. The summed E-state index contributed by atoms with van der Waals surface area (Å²) >= 11 is -2.36. The molecular formula is C58H53SiZr. The van der Waals surface area contributed by atoms with Crippen molar-refractivity contribution in [2.45, 2.75) is 59.9 Å². The molecule has 2 heteroatoms. The molecule has 2 aliphatic carbocycles. The van der Waals surface area contributed by atoms with Crippen molar-refractivity contribution >= 4 is 39.6 Å². The van der Waals surface area contributed by atoms with Crippen molar-refractivity contribution in [2.75, 3.05) is 0 Å². The molecule has 0 saturated heterocycles. The average molecular weight is 869 g/mol. The number of benzene rings is 8. The second kappa shape index (κ2) is 16.7. The molecule has 0 saturated carbocycles. The summed E-state index contributed by atoms with van der Waals surface area (Å²) in [5.41, 5.74) is 20.4. The predicted molar refractivity (Wildman–Crippen MR) is 260 cm³/mol. The van der Waals surface area contributed by atoms with Crippen LogP contribution >= 0.6 is 0 Å². The van der Waals surface area contributed by atoms with Crippen LogP contribution in [0, 0.1) is 0 Å². The normalized spacial score (nSPS) is 15.6. The molecule has 60 heavy (non-hydrogen) atoms. The van der Waals surface area contributed by atoms with Crippen LogP contribution in [0.15, 0.2) is 181 Å². The Bertz CT molecular complexity index is 2760. The molecule has 8 aromatic rings. The topological polar surface area (TPSA) is 0 Å². The zero-order valence-corrected chi connectivity index (χ0v) is 39.0. The molecule has 0 radical (unpaired) electrons. The third-order valence-corrected chi connectivity index (χ3v) is 35.0. The molecule has 0 aromatic heterocycles. The molecule has 0 bridgehead atoms. The summed E-state index contributed by atoms with van der Waals surface area (Å²) in [6.07, 6.45) is 10.1. The number of rotatable bonds is 11. The number of fused-ring (bicyclic) bond motifs is 4. The van der Waals surface area contributed by atoms with Crippen LogP contribution in [0.4, 0.5) is 0 Å². The quantitative estimate of drug-likeness (QED) is 0.114. The first-order valence-electron chi connectivity index (χ1n) is 22.2. The van der Waals surface area contributed by atoms with Crippen LogP contribution in [0.5, 0.6) is 0 Å². The van der Waals surface area contributed by atoms with Gasteiger partial charge in [0.25, 0.3) is 0 Å². The molecule has 0 spiro atoms. The summed E-state index contributed by atoms with van der Waals surface area (Å²) in [6, 6.07) is 64.3. The van der Waals surface area contributed by atoms with Crippen molar-refractivity contribution in [3.8, 4) is 44.5 Å². The Labute approximate surface area is 365 Å². The summed E-state index contributed by atoms with van der Waals surface area (Å²) < 4.78 is 1.20. The van der Waals surface area contributed by atoms with Gasteiger partial charge in [-0.05, 0) is 0 Å². The molecule has 2 atom stereocenters. The fraction of sp³-hybridized carbons (Fsp3) is 0.172. The molecule has 10 rings (SSSR count). The first-order valence-corrected chi connectivity index (χ1v) is 32.2. The van der Waals surface area contributed by atoms with Gasteiger partial charge in [-0.25, -0.2) is 0 Å². The standard InChI is InChI=1S/2C28H23.C2H7Si.Zr/c2*1-2-9-20-18-22-12-8-17-27(28(22)19-20)26-15-6-5-14-25(26)24-16-7-11-21-10-3-4-13-23(21)24;1-3-2;/h2*3-8,10-19H,2,9H2,1H3;3H,1-2H3;. The van der Waals surface area contributed by atoms with E-state index in [9.17, 15) is 0 Å². The van der Waals surface area contributed by atoms with Gasteiger partial charge in [-0.2, -0.15) is 0 Å². The second-order valence-corrected chi connectivity index (χ2v) is 37.3. The molecule has 0 fully saturated rings. The van der Waals surface area contributed by atoms with Gasteiger partial charge in [-0.3, -0.25) is 0 Å². The Balaban J connectivity index is 1.11. The molecule has 0 aliphatic heterocycles. The van der Waals surface area contributed by atoms with Crippen molar-refractivity contribution in [3.05, 3.63) is 203 Å². The van der Waals surface area contributed by atoms with Crippen LogP contribution < -0.4 is 0 Å². The first kappa shape index (κ1) is 39.0. The van der Waals surface area contributed by atoms with E-state index < -0.39 is 26.8 Å². The van der Waals surface area contributed by atoms with Crippen molar-refractivity contribution < 1.29 is 20.9 Å². The van der Waals surface area contributed by atoms with Gasteiger partial charge in [0.15, 0.2) is 0 Å². The Morgan fingerprint density at radius 3 is 1.13 bits per heavy atom. The maximum atomic E-state index is 2.72. The predicted octanol–water partition coefficient (Wildman–Crippen LogP) is 16.4. The molecule has 0 amide bonds. The zero-order valence-electron chi connectivity index (χ0n) is 35.4. The van der Waals surface area contributed by atoms with Gasteiger partial charge in [0, 0.05) is 0 Å². The summed E-state index contributed by atoms with van der Waals surface area (Å²) in [5.74, 6) is -1.07. The molecular weight excluding hydrogens is 816 g/mol. The Morgan fingerprint density at radius 2 is 0.717 bits per heavy atom. The average Bonchev–Trinajstić information content (AvgIpc) is 3.84. The van der Waals surface area contributed by atoms with E-state index in [1.54, 1.807) is 22.3 Å². The van der Waals surface area contributed by atoms with E-state index >= 15 is 0 Å². The monoisotopic (exact) mass is 867 g/mol. The summed E-state index contributed by atoms with van der Waals surface area (Å²) in [4.78, 5) is 0. The van der Waals surface area contributed by atoms with E-state index in [0.717, 1.165) is 0 Å². The van der Waals surface area contributed by atoms with Crippen molar-refractivity contribution in [2.24, 2.45) is 0 Å². The Hall–Kier alpha value is -5.14. The van der Waals surface area contributed by atoms with Crippen LogP contribution in [-0.4, -0.2) is 5.92 Å². The van der Waals surface area contributed by atoms with Gasteiger partial charge in [0.2, 0.25) is 0 Å². The van der Waals surface area contributed by atoms with E-state index in [4.69, 9.17) is 0 Å². The fourth-order valence-corrected chi connectivity index (χ4v) is 33.7. The summed E-state index contributed by atoms with van der Waals surface area (Å²) in [6.45, 7) is 10.2. The number of hydrogen-bond donors (Lipinski definition) is 0. The van der Waals surface area contributed by atoms with Crippen LogP contribution in [0.25, 0.3) is 78.2 Å². The number of allylic oxidation sites excluding steroid dienone is 2. The van der Waals surface area contributed by atoms with Crippen LogP contribution in [0.1, 0.15) is 69.0 Å². The van der Waals surface area contributed by atoms with Crippen molar-refractivity contribution in [1.82, 2.24) is 0 Å². The van der Waals surface area contributed by atoms with Crippen molar-refractivity contribution in [1.29, 1.82) is 0 Å². The first-order chi connectivity index (χ1) is 29.6. The van der Waals surface area contributed by atoms with E-state index in [2.05, 4.69) is 209 Å². The molecule has 0 N–H and O–H groups in total. The second-order valence-electron chi connectivity index (χ2n) is 17.2. The van der Waals surface area contributed by atoms with E-state index in [1.165, 1.54) is 103 Å². The third kappa shape index (κ3) is 6.77. The Morgan fingerprint density at radius 1 is 0.383 bits per heavy atom. The van der Waals surface area contributed by atoms with Crippen LogP contribution in [0.2, 0.25) is 13.1 Å². The molecule has 0 heterocycles. The van der Waals surface area contributed by atoms with Crippen LogP contribution in [0.3, 0.4) is 0 Å². The van der Waals surface area contributed by atoms with E-state index in [0.29, 0.717) is 7.25 Å². The fourth-order valence-electron chi connectivity index (χ4n) is 10.9. The zero-order chi connectivity index (χ0) is 40.7. The summed E-state index contributed by atoms with van der Waals surface area (Å²) in [5, 5.41) is 5.21. The number of hydrogen-bond acceptors (Lipinski definition) is 0. The minimum absolute atomic E-state index is 0.599. The molecule has 2 aliphatic rings.